The molecular weight excluding hydrogens is 216 g/mol. The van der Waals surface area contributed by atoms with Crippen LogP contribution >= 0.6 is 0 Å². The second-order valence-corrected chi connectivity index (χ2v) is 5.21. The Balaban J connectivity index is 1.59. The second-order valence-electron chi connectivity index (χ2n) is 5.21. The predicted octanol–water partition coefficient (Wildman–Crippen LogP) is 1.06. The van der Waals surface area contributed by atoms with Gasteiger partial charge in [0.2, 0.25) is 5.91 Å². The summed E-state index contributed by atoms with van der Waals surface area (Å²) in [5.41, 5.74) is 0. The molecular formula is C13H24N2O2. The molecule has 1 amide bonds. The Hall–Kier alpha value is -0.610. The molecule has 2 aliphatic rings. The summed E-state index contributed by atoms with van der Waals surface area (Å²) in [4.78, 5) is 11.8. The van der Waals surface area contributed by atoms with Gasteiger partial charge in [-0.3, -0.25) is 4.79 Å². The first-order chi connectivity index (χ1) is 8.34. The fraction of sp³-hybridized carbons (Fsp3) is 0.923. The SMILES string of the molecule is O=C(CC1CCCCC1)NCC1CNCCO1. The zero-order valence-electron chi connectivity index (χ0n) is 10.5. The van der Waals surface area contributed by atoms with Crippen molar-refractivity contribution >= 4 is 5.91 Å². The van der Waals surface area contributed by atoms with Gasteiger partial charge in [0.25, 0.3) is 0 Å². The smallest absolute Gasteiger partial charge is 0.220 e. The van der Waals surface area contributed by atoms with Crippen molar-refractivity contribution in [3.63, 3.8) is 0 Å². The Morgan fingerprint density at radius 2 is 2.12 bits per heavy atom. The average molecular weight is 240 g/mol. The number of carbonyl (C=O) groups is 1. The standard InChI is InChI=1S/C13H24N2O2/c16-13(8-11-4-2-1-3-5-11)15-10-12-9-14-6-7-17-12/h11-12,14H,1-10H2,(H,15,16). The van der Waals surface area contributed by atoms with Gasteiger partial charge in [-0.05, 0) is 18.8 Å². The van der Waals surface area contributed by atoms with Gasteiger partial charge in [0.05, 0.1) is 12.7 Å². The van der Waals surface area contributed by atoms with E-state index in [2.05, 4.69) is 10.6 Å². The number of amides is 1. The van der Waals surface area contributed by atoms with Crippen molar-refractivity contribution in [2.75, 3.05) is 26.2 Å². The number of ether oxygens (including phenoxy) is 1. The van der Waals surface area contributed by atoms with Gasteiger partial charge in [-0.15, -0.1) is 0 Å². The molecule has 98 valence electrons. The van der Waals surface area contributed by atoms with Gasteiger partial charge in [0, 0.05) is 26.1 Å². The van der Waals surface area contributed by atoms with Crippen molar-refractivity contribution in [2.45, 2.75) is 44.6 Å². The minimum absolute atomic E-state index is 0.152. The van der Waals surface area contributed by atoms with Crippen LogP contribution in [0.4, 0.5) is 0 Å². The maximum Gasteiger partial charge on any atom is 0.220 e. The zero-order valence-corrected chi connectivity index (χ0v) is 10.5. The van der Waals surface area contributed by atoms with Crippen molar-refractivity contribution in [1.29, 1.82) is 0 Å². The summed E-state index contributed by atoms with van der Waals surface area (Å²) in [6.07, 6.45) is 7.27. The number of hydrogen-bond acceptors (Lipinski definition) is 3. The number of carbonyl (C=O) groups excluding carboxylic acids is 1. The van der Waals surface area contributed by atoms with E-state index in [1.165, 1.54) is 32.1 Å². The zero-order chi connectivity index (χ0) is 11.9. The molecule has 2 rings (SSSR count). The summed E-state index contributed by atoms with van der Waals surface area (Å²) in [5, 5.41) is 6.26. The number of rotatable bonds is 4. The van der Waals surface area contributed by atoms with Gasteiger partial charge in [-0.1, -0.05) is 19.3 Å². The largest absolute Gasteiger partial charge is 0.374 e. The van der Waals surface area contributed by atoms with Crippen LogP contribution in [0.15, 0.2) is 0 Å². The van der Waals surface area contributed by atoms with Crippen molar-refractivity contribution in [1.82, 2.24) is 10.6 Å². The van der Waals surface area contributed by atoms with Crippen LogP contribution in [0.2, 0.25) is 0 Å². The van der Waals surface area contributed by atoms with Gasteiger partial charge in [0.15, 0.2) is 0 Å². The lowest BCUT2D eigenvalue weighted by atomic mass is 9.87. The molecule has 17 heavy (non-hydrogen) atoms. The summed E-state index contributed by atoms with van der Waals surface area (Å²) in [6, 6.07) is 0. The molecule has 1 atom stereocenters. The first kappa shape index (κ1) is 12.8. The highest BCUT2D eigenvalue weighted by Crippen LogP contribution is 2.25. The fourth-order valence-corrected chi connectivity index (χ4v) is 2.70. The van der Waals surface area contributed by atoms with E-state index in [1.807, 2.05) is 0 Å². The number of morpholine rings is 1. The Labute approximate surface area is 103 Å². The van der Waals surface area contributed by atoms with Gasteiger partial charge in [0.1, 0.15) is 0 Å². The summed E-state index contributed by atoms with van der Waals surface area (Å²) >= 11 is 0. The number of hydrogen-bond donors (Lipinski definition) is 2. The van der Waals surface area contributed by atoms with Crippen LogP contribution in [0.5, 0.6) is 0 Å². The molecule has 1 saturated carbocycles. The molecule has 1 unspecified atom stereocenters. The fourth-order valence-electron chi connectivity index (χ4n) is 2.70. The molecule has 1 saturated heterocycles. The minimum Gasteiger partial charge on any atom is -0.374 e. The molecule has 0 aromatic rings. The van der Waals surface area contributed by atoms with Gasteiger partial charge >= 0.3 is 0 Å². The maximum atomic E-state index is 11.8. The van der Waals surface area contributed by atoms with E-state index in [0.717, 1.165) is 19.7 Å². The number of nitrogens with one attached hydrogen (secondary N) is 2. The Morgan fingerprint density at radius 1 is 1.29 bits per heavy atom. The van der Waals surface area contributed by atoms with Crippen molar-refractivity contribution in [2.24, 2.45) is 5.92 Å². The minimum atomic E-state index is 0.152. The van der Waals surface area contributed by atoms with E-state index in [-0.39, 0.29) is 12.0 Å². The normalized spacial score (nSPS) is 26.7. The summed E-state index contributed by atoms with van der Waals surface area (Å²) in [6.45, 7) is 3.18. The lowest BCUT2D eigenvalue weighted by Crippen LogP contribution is -2.45. The Morgan fingerprint density at radius 3 is 2.82 bits per heavy atom. The van der Waals surface area contributed by atoms with Crippen molar-refractivity contribution in [3.8, 4) is 0 Å². The molecule has 0 radical (unpaired) electrons. The van der Waals surface area contributed by atoms with Crippen LogP contribution in [-0.4, -0.2) is 38.3 Å². The second kappa shape index (κ2) is 6.97. The molecule has 1 aliphatic carbocycles. The van der Waals surface area contributed by atoms with Gasteiger partial charge in [-0.2, -0.15) is 0 Å². The topological polar surface area (TPSA) is 50.4 Å². The predicted molar refractivity (Wildman–Crippen MR) is 66.8 cm³/mol. The van der Waals surface area contributed by atoms with Crippen LogP contribution < -0.4 is 10.6 Å². The van der Waals surface area contributed by atoms with Crippen LogP contribution in [0.3, 0.4) is 0 Å². The lowest BCUT2D eigenvalue weighted by Gasteiger charge is -2.25. The van der Waals surface area contributed by atoms with Gasteiger partial charge in [-0.25, -0.2) is 0 Å². The molecule has 4 nitrogen and oxygen atoms in total. The Bertz CT molecular complexity index is 234. The Kier molecular flexibility index (Phi) is 5.26. The molecule has 0 aromatic carbocycles. The molecule has 0 aromatic heterocycles. The third-order valence-electron chi connectivity index (χ3n) is 3.73. The molecule has 4 heteroatoms. The molecule has 0 spiro atoms. The van der Waals surface area contributed by atoms with Crippen LogP contribution in [0, 0.1) is 5.92 Å². The molecule has 2 N–H and O–H groups in total. The molecule has 2 fully saturated rings. The first-order valence-electron chi connectivity index (χ1n) is 6.93. The lowest BCUT2D eigenvalue weighted by molar-refractivity contribution is -0.123. The van der Waals surface area contributed by atoms with Gasteiger partial charge < -0.3 is 15.4 Å². The summed E-state index contributed by atoms with van der Waals surface area (Å²) in [7, 11) is 0. The highest BCUT2D eigenvalue weighted by molar-refractivity contribution is 5.76. The van der Waals surface area contributed by atoms with E-state index >= 15 is 0 Å². The maximum absolute atomic E-state index is 11.8. The van der Waals surface area contributed by atoms with Crippen molar-refractivity contribution < 1.29 is 9.53 Å². The quantitative estimate of drug-likeness (QED) is 0.772. The van der Waals surface area contributed by atoms with Crippen LogP contribution in [0.25, 0.3) is 0 Å². The average Bonchev–Trinajstić information content (AvgIpc) is 2.39. The van der Waals surface area contributed by atoms with Crippen LogP contribution in [-0.2, 0) is 9.53 Å². The third-order valence-corrected chi connectivity index (χ3v) is 3.73. The third kappa shape index (κ3) is 4.64. The molecule has 1 heterocycles. The first-order valence-corrected chi connectivity index (χ1v) is 6.93. The van der Waals surface area contributed by atoms with E-state index in [1.54, 1.807) is 0 Å². The molecule has 1 aliphatic heterocycles. The summed E-state index contributed by atoms with van der Waals surface area (Å²) in [5.74, 6) is 0.820. The van der Waals surface area contributed by atoms with E-state index in [4.69, 9.17) is 4.74 Å². The van der Waals surface area contributed by atoms with E-state index < -0.39 is 0 Å². The van der Waals surface area contributed by atoms with Crippen LogP contribution in [0.1, 0.15) is 38.5 Å². The highest BCUT2D eigenvalue weighted by atomic mass is 16.5. The monoisotopic (exact) mass is 240 g/mol. The highest BCUT2D eigenvalue weighted by Gasteiger charge is 2.18. The van der Waals surface area contributed by atoms with E-state index in [9.17, 15) is 4.79 Å². The molecule has 0 bridgehead atoms. The van der Waals surface area contributed by atoms with E-state index in [0.29, 0.717) is 18.9 Å². The summed E-state index contributed by atoms with van der Waals surface area (Å²) < 4.78 is 5.54. The van der Waals surface area contributed by atoms with Crippen molar-refractivity contribution in [3.05, 3.63) is 0 Å².